The predicted octanol–water partition coefficient (Wildman–Crippen LogP) is 3.74. The molecule has 0 N–H and O–H groups in total. The number of hydrogen-bond donors (Lipinski definition) is 0. The molecular weight excluding hydrogens is 444 g/mol. The highest BCUT2D eigenvalue weighted by molar-refractivity contribution is 7.86. The first-order valence-electron chi connectivity index (χ1n) is 12.3. The van der Waals surface area contributed by atoms with Gasteiger partial charge in [-0.05, 0) is 75.3 Å². The second-order valence-corrected chi connectivity index (χ2v) is 11.5. The molecule has 0 aromatic heterocycles. The van der Waals surface area contributed by atoms with E-state index < -0.39 is 10.1 Å². The summed E-state index contributed by atoms with van der Waals surface area (Å²) in [4.78, 5) is 0.153. The second kappa shape index (κ2) is 11.6. The molecule has 4 fully saturated rings. The molecule has 1 aromatic carbocycles. The molecule has 8 heteroatoms. The molecule has 4 aliphatic rings. The smallest absolute Gasteiger partial charge is 0.297 e. The Bertz CT molecular complexity index is 802. The van der Waals surface area contributed by atoms with Crippen molar-refractivity contribution >= 4 is 10.1 Å². The maximum absolute atomic E-state index is 12.1. The van der Waals surface area contributed by atoms with Gasteiger partial charge in [0.1, 0.15) is 0 Å². The van der Waals surface area contributed by atoms with Crippen LogP contribution >= 0.6 is 0 Å². The number of aryl methyl sites for hydroxylation is 1. The van der Waals surface area contributed by atoms with Crippen molar-refractivity contribution in [2.75, 3.05) is 52.9 Å². The fraction of sp³-hybridized carbons (Fsp3) is 0.760. The average Bonchev–Trinajstić information content (AvgIpc) is 2.76. The lowest BCUT2D eigenvalue weighted by molar-refractivity contribution is -0.169. The highest BCUT2D eigenvalue weighted by atomic mass is 32.2. The molecule has 1 aromatic rings. The SMILES string of the molecule is Cc1ccc(S(=O)(=O)OCCOCCOCCOCCOC23CC4CC(CC(C4)C2)C3)cc1. The van der Waals surface area contributed by atoms with Crippen LogP contribution in [0.1, 0.15) is 44.1 Å². The molecule has 4 saturated carbocycles. The maximum Gasteiger partial charge on any atom is 0.297 e. The number of rotatable bonds is 15. The van der Waals surface area contributed by atoms with E-state index in [4.69, 9.17) is 23.1 Å². The third-order valence-corrected chi connectivity index (χ3v) is 8.46. The van der Waals surface area contributed by atoms with E-state index in [-0.39, 0.29) is 23.7 Å². The predicted molar refractivity (Wildman–Crippen MR) is 124 cm³/mol. The Kier molecular flexibility index (Phi) is 8.81. The Labute approximate surface area is 198 Å². The van der Waals surface area contributed by atoms with E-state index in [1.54, 1.807) is 12.1 Å². The van der Waals surface area contributed by atoms with E-state index >= 15 is 0 Å². The van der Waals surface area contributed by atoms with Gasteiger partial charge in [0.2, 0.25) is 0 Å². The molecule has 0 atom stereocenters. The molecule has 4 aliphatic carbocycles. The minimum Gasteiger partial charge on any atom is -0.377 e. The van der Waals surface area contributed by atoms with Crippen molar-refractivity contribution < 1.29 is 31.5 Å². The van der Waals surface area contributed by atoms with Crippen molar-refractivity contribution in [3.63, 3.8) is 0 Å². The van der Waals surface area contributed by atoms with Crippen LogP contribution in [0.25, 0.3) is 0 Å². The quantitative estimate of drug-likeness (QED) is 0.278. The standard InChI is InChI=1S/C25H38O7S/c1-20-2-4-24(5-3-20)33(26,27)32-13-11-30-9-7-28-6-8-29-10-12-31-25-17-21-14-22(18-25)16-23(15-21)19-25/h2-5,21-23H,6-19H2,1H3. The first-order valence-corrected chi connectivity index (χ1v) is 13.7. The van der Waals surface area contributed by atoms with E-state index in [9.17, 15) is 8.42 Å². The van der Waals surface area contributed by atoms with Crippen molar-refractivity contribution in [1.82, 2.24) is 0 Å². The van der Waals surface area contributed by atoms with Crippen LogP contribution in [0.3, 0.4) is 0 Å². The molecular formula is C25H38O7S. The monoisotopic (exact) mass is 482 g/mol. The topological polar surface area (TPSA) is 80.3 Å². The summed E-state index contributed by atoms with van der Waals surface area (Å²) in [7, 11) is -3.74. The first-order chi connectivity index (χ1) is 15.9. The van der Waals surface area contributed by atoms with Crippen molar-refractivity contribution in [3.8, 4) is 0 Å². The van der Waals surface area contributed by atoms with Crippen molar-refractivity contribution in [2.24, 2.45) is 17.8 Å². The highest BCUT2D eigenvalue weighted by Gasteiger charge is 2.51. The van der Waals surface area contributed by atoms with Crippen LogP contribution in [0.5, 0.6) is 0 Å². The maximum atomic E-state index is 12.1. The molecule has 4 bridgehead atoms. The van der Waals surface area contributed by atoms with Crippen LogP contribution < -0.4 is 0 Å². The lowest BCUT2D eigenvalue weighted by Crippen LogP contribution is -2.52. The van der Waals surface area contributed by atoms with E-state index in [2.05, 4.69) is 0 Å². The number of benzene rings is 1. The van der Waals surface area contributed by atoms with Gasteiger partial charge in [-0.2, -0.15) is 8.42 Å². The molecule has 33 heavy (non-hydrogen) atoms. The Balaban J connectivity index is 0.955. The number of hydrogen-bond acceptors (Lipinski definition) is 7. The van der Waals surface area contributed by atoms with Gasteiger partial charge in [0.15, 0.2) is 0 Å². The zero-order valence-electron chi connectivity index (χ0n) is 19.7. The zero-order chi connectivity index (χ0) is 23.2. The van der Waals surface area contributed by atoms with Gasteiger partial charge in [-0.15, -0.1) is 0 Å². The van der Waals surface area contributed by atoms with E-state index in [0.29, 0.717) is 39.6 Å². The molecule has 0 radical (unpaired) electrons. The summed E-state index contributed by atoms with van der Waals surface area (Å²) >= 11 is 0. The molecule has 0 heterocycles. The van der Waals surface area contributed by atoms with Crippen LogP contribution in [0.15, 0.2) is 29.2 Å². The van der Waals surface area contributed by atoms with Crippen LogP contribution in [0.2, 0.25) is 0 Å². The van der Waals surface area contributed by atoms with Gasteiger partial charge in [-0.25, -0.2) is 0 Å². The van der Waals surface area contributed by atoms with Gasteiger partial charge in [0.05, 0.1) is 63.4 Å². The summed E-state index contributed by atoms with van der Waals surface area (Å²) < 4.78 is 52.0. The molecule has 0 unspecified atom stereocenters. The molecule has 7 nitrogen and oxygen atoms in total. The van der Waals surface area contributed by atoms with Crippen LogP contribution in [0.4, 0.5) is 0 Å². The molecule has 0 aliphatic heterocycles. The second-order valence-electron chi connectivity index (χ2n) is 9.88. The summed E-state index contributed by atoms with van der Waals surface area (Å²) in [6.45, 7) is 5.17. The lowest BCUT2D eigenvalue weighted by Gasteiger charge is -2.56. The van der Waals surface area contributed by atoms with Crippen molar-refractivity contribution in [3.05, 3.63) is 29.8 Å². The summed E-state index contributed by atoms with van der Waals surface area (Å²) in [5.41, 5.74) is 1.14. The molecule has 0 amide bonds. The Morgan fingerprint density at radius 3 is 1.70 bits per heavy atom. The van der Waals surface area contributed by atoms with E-state index in [1.807, 2.05) is 6.92 Å². The molecule has 5 rings (SSSR count). The normalized spacial score (nSPS) is 28.5. The molecule has 0 saturated heterocycles. The Morgan fingerprint density at radius 1 is 0.727 bits per heavy atom. The lowest BCUT2D eigenvalue weighted by atomic mass is 9.54. The van der Waals surface area contributed by atoms with Crippen LogP contribution in [-0.4, -0.2) is 66.9 Å². The first kappa shape index (κ1) is 25.1. The highest BCUT2D eigenvalue weighted by Crippen LogP contribution is 2.57. The zero-order valence-corrected chi connectivity index (χ0v) is 20.5. The largest absolute Gasteiger partial charge is 0.377 e. The average molecular weight is 483 g/mol. The van der Waals surface area contributed by atoms with Gasteiger partial charge in [0.25, 0.3) is 10.1 Å². The Hall–Kier alpha value is -1.03. The van der Waals surface area contributed by atoms with Crippen LogP contribution in [0, 0.1) is 24.7 Å². The van der Waals surface area contributed by atoms with Crippen LogP contribution in [-0.2, 0) is 33.2 Å². The molecule has 186 valence electrons. The van der Waals surface area contributed by atoms with Gasteiger partial charge in [0, 0.05) is 0 Å². The van der Waals surface area contributed by atoms with E-state index in [1.165, 1.54) is 50.7 Å². The summed E-state index contributed by atoms with van der Waals surface area (Å²) in [5.74, 6) is 2.70. The van der Waals surface area contributed by atoms with E-state index in [0.717, 1.165) is 23.3 Å². The Morgan fingerprint density at radius 2 is 1.18 bits per heavy atom. The van der Waals surface area contributed by atoms with Crippen molar-refractivity contribution in [1.29, 1.82) is 0 Å². The molecule has 0 spiro atoms. The summed E-state index contributed by atoms with van der Waals surface area (Å²) in [6.07, 6.45) is 8.06. The van der Waals surface area contributed by atoms with Gasteiger partial charge < -0.3 is 18.9 Å². The fourth-order valence-corrected chi connectivity index (χ4v) is 6.94. The number of ether oxygens (including phenoxy) is 4. The van der Waals surface area contributed by atoms with Gasteiger partial charge in [-0.3, -0.25) is 4.18 Å². The minimum atomic E-state index is -3.74. The van der Waals surface area contributed by atoms with Crippen molar-refractivity contribution in [2.45, 2.75) is 55.9 Å². The third-order valence-electron chi connectivity index (χ3n) is 7.14. The van der Waals surface area contributed by atoms with Gasteiger partial charge >= 0.3 is 0 Å². The van der Waals surface area contributed by atoms with Gasteiger partial charge in [-0.1, -0.05) is 17.7 Å². The minimum absolute atomic E-state index is 0.0248. The third kappa shape index (κ3) is 7.23. The fourth-order valence-electron chi connectivity index (χ4n) is 6.04. The summed E-state index contributed by atoms with van der Waals surface area (Å²) in [5, 5.41) is 0. The summed E-state index contributed by atoms with van der Waals surface area (Å²) in [6, 6.07) is 6.56.